The number of hydrogen-bond acceptors (Lipinski definition) is 4. The first-order chi connectivity index (χ1) is 9.52. The molecule has 0 spiro atoms. The Morgan fingerprint density at radius 2 is 2.20 bits per heavy atom. The highest BCUT2D eigenvalue weighted by Gasteiger charge is 2.21. The molecule has 20 heavy (non-hydrogen) atoms. The SMILES string of the molecule is COC(=O)C(C)CN(C)C(=O)c1cn2ccccc2n1. The molecule has 6 heteroatoms. The summed E-state index contributed by atoms with van der Waals surface area (Å²) < 4.78 is 6.43. The molecule has 0 aliphatic heterocycles. The summed E-state index contributed by atoms with van der Waals surface area (Å²) in [5.41, 5.74) is 1.07. The summed E-state index contributed by atoms with van der Waals surface area (Å²) in [5, 5.41) is 0. The highest BCUT2D eigenvalue weighted by molar-refractivity contribution is 5.93. The van der Waals surface area contributed by atoms with Gasteiger partial charge in [0.15, 0.2) is 0 Å². The summed E-state index contributed by atoms with van der Waals surface area (Å²) in [5.74, 6) is -0.921. The second-order valence-electron chi connectivity index (χ2n) is 4.70. The first kappa shape index (κ1) is 14.0. The minimum atomic E-state index is -0.369. The Labute approximate surface area is 117 Å². The van der Waals surface area contributed by atoms with Crippen molar-refractivity contribution < 1.29 is 14.3 Å². The zero-order chi connectivity index (χ0) is 14.7. The van der Waals surface area contributed by atoms with Crippen LogP contribution in [0.5, 0.6) is 0 Å². The molecule has 0 bridgehead atoms. The predicted molar refractivity (Wildman–Crippen MR) is 73.3 cm³/mol. The molecule has 0 aromatic carbocycles. The van der Waals surface area contributed by atoms with Crippen molar-refractivity contribution in [1.29, 1.82) is 0 Å². The Hall–Kier alpha value is -2.37. The predicted octanol–water partition coefficient (Wildman–Crippen LogP) is 1.22. The van der Waals surface area contributed by atoms with Gasteiger partial charge in [-0.25, -0.2) is 4.98 Å². The summed E-state index contributed by atoms with van der Waals surface area (Å²) in [4.78, 5) is 29.4. The van der Waals surface area contributed by atoms with E-state index in [0.717, 1.165) is 0 Å². The summed E-state index contributed by atoms with van der Waals surface area (Å²) in [6, 6.07) is 5.56. The summed E-state index contributed by atoms with van der Waals surface area (Å²) >= 11 is 0. The number of carbonyl (C=O) groups excluding carboxylic acids is 2. The van der Waals surface area contributed by atoms with Gasteiger partial charge in [0.1, 0.15) is 11.3 Å². The number of amides is 1. The van der Waals surface area contributed by atoms with Crippen LogP contribution in [-0.4, -0.2) is 46.9 Å². The third-order valence-electron chi connectivity index (χ3n) is 3.08. The largest absolute Gasteiger partial charge is 0.469 e. The van der Waals surface area contributed by atoms with Gasteiger partial charge in [-0.3, -0.25) is 9.59 Å². The fraction of sp³-hybridized carbons (Fsp3) is 0.357. The number of methoxy groups -OCH3 is 1. The Bertz CT molecular complexity index is 602. The number of hydrogen-bond donors (Lipinski definition) is 0. The maximum Gasteiger partial charge on any atom is 0.310 e. The first-order valence-electron chi connectivity index (χ1n) is 6.30. The highest BCUT2D eigenvalue weighted by atomic mass is 16.5. The summed E-state index contributed by atoms with van der Waals surface area (Å²) in [7, 11) is 2.98. The van der Waals surface area contributed by atoms with E-state index in [4.69, 9.17) is 0 Å². The van der Waals surface area contributed by atoms with Gasteiger partial charge in [-0.1, -0.05) is 13.0 Å². The second kappa shape index (κ2) is 5.73. The van der Waals surface area contributed by atoms with Crippen molar-refractivity contribution in [3.8, 4) is 0 Å². The van der Waals surface area contributed by atoms with E-state index in [2.05, 4.69) is 9.72 Å². The van der Waals surface area contributed by atoms with Crippen LogP contribution in [-0.2, 0) is 9.53 Å². The fourth-order valence-corrected chi connectivity index (χ4v) is 2.00. The van der Waals surface area contributed by atoms with Crippen molar-refractivity contribution in [2.24, 2.45) is 5.92 Å². The standard InChI is InChI=1S/C14H17N3O3/c1-10(14(19)20-3)8-16(2)13(18)11-9-17-7-5-4-6-12(17)15-11/h4-7,9-10H,8H2,1-3H3. The molecule has 1 amide bonds. The maximum atomic E-state index is 12.3. The van der Waals surface area contributed by atoms with E-state index < -0.39 is 0 Å². The van der Waals surface area contributed by atoms with Gasteiger partial charge >= 0.3 is 5.97 Å². The van der Waals surface area contributed by atoms with Crippen molar-refractivity contribution >= 4 is 17.5 Å². The first-order valence-corrected chi connectivity index (χ1v) is 6.30. The van der Waals surface area contributed by atoms with Gasteiger partial charge < -0.3 is 14.0 Å². The van der Waals surface area contributed by atoms with Gasteiger partial charge in [0.2, 0.25) is 0 Å². The number of esters is 1. The van der Waals surface area contributed by atoms with Gasteiger partial charge in [-0.15, -0.1) is 0 Å². The molecule has 0 fully saturated rings. The zero-order valence-corrected chi connectivity index (χ0v) is 11.7. The van der Waals surface area contributed by atoms with Crippen molar-refractivity contribution in [1.82, 2.24) is 14.3 Å². The van der Waals surface area contributed by atoms with Crippen molar-refractivity contribution in [2.75, 3.05) is 20.7 Å². The van der Waals surface area contributed by atoms with Gasteiger partial charge in [-0.05, 0) is 12.1 Å². The smallest absolute Gasteiger partial charge is 0.310 e. The van der Waals surface area contributed by atoms with Crippen LogP contribution in [0.15, 0.2) is 30.6 Å². The van der Waals surface area contributed by atoms with Crippen LogP contribution in [0.25, 0.3) is 5.65 Å². The molecule has 0 aliphatic rings. The summed E-state index contributed by atoms with van der Waals surface area (Å²) in [6.07, 6.45) is 3.51. The van der Waals surface area contributed by atoms with E-state index >= 15 is 0 Å². The average Bonchev–Trinajstić information content (AvgIpc) is 2.89. The molecule has 0 aliphatic carbocycles. The monoisotopic (exact) mass is 275 g/mol. The molecule has 1 atom stereocenters. The van der Waals surface area contributed by atoms with Crippen LogP contribution in [0.2, 0.25) is 0 Å². The number of aromatic nitrogens is 2. The molecule has 0 saturated heterocycles. The number of fused-ring (bicyclic) bond motifs is 1. The van der Waals surface area contributed by atoms with Crippen LogP contribution >= 0.6 is 0 Å². The van der Waals surface area contributed by atoms with E-state index in [1.807, 2.05) is 24.4 Å². The fourth-order valence-electron chi connectivity index (χ4n) is 2.00. The van der Waals surface area contributed by atoms with Gasteiger partial charge in [0, 0.05) is 26.0 Å². The molecule has 0 saturated carbocycles. The lowest BCUT2D eigenvalue weighted by atomic mass is 10.1. The highest BCUT2D eigenvalue weighted by Crippen LogP contribution is 2.09. The minimum Gasteiger partial charge on any atom is -0.469 e. The van der Waals surface area contributed by atoms with Crippen LogP contribution in [0.4, 0.5) is 0 Å². The molecule has 0 radical (unpaired) electrons. The van der Waals surface area contributed by atoms with Gasteiger partial charge in [0.25, 0.3) is 5.91 Å². The minimum absolute atomic E-state index is 0.218. The molecule has 2 rings (SSSR count). The lowest BCUT2D eigenvalue weighted by Crippen LogP contribution is -2.34. The molecular formula is C14H17N3O3. The van der Waals surface area contributed by atoms with E-state index in [9.17, 15) is 9.59 Å². The molecular weight excluding hydrogens is 258 g/mol. The number of rotatable bonds is 4. The van der Waals surface area contributed by atoms with E-state index in [-0.39, 0.29) is 17.8 Å². The zero-order valence-electron chi connectivity index (χ0n) is 11.7. The van der Waals surface area contributed by atoms with Crippen molar-refractivity contribution in [3.05, 3.63) is 36.3 Å². The van der Waals surface area contributed by atoms with Crippen LogP contribution < -0.4 is 0 Å². The van der Waals surface area contributed by atoms with Crippen LogP contribution in [0.3, 0.4) is 0 Å². The normalized spacial score (nSPS) is 12.2. The van der Waals surface area contributed by atoms with Crippen molar-refractivity contribution in [2.45, 2.75) is 6.92 Å². The molecule has 106 valence electrons. The Morgan fingerprint density at radius 1 is 1.45 bits per heavy atom. The molecule has 2 aromatic heterocycles. The van der Waals surface area contributed by atoms with E-state index in [0.29, 0.717) is 17.9 Å². The number of imidazole rings is 1. The lowest BCUT2D eigenvalue weighted by Gasteiger charge is -2.19. The van der Waals surface area contributed by atoms with Crippen molar-refractivity contribution in [3.63, 3.8) is 0 Å². The van der Waals surface area contributed by atoms with E-state index in [1.165, 1.54) is 12.0 Å². The maximum absolute atomic E-state index is 12.3. The molecule has 2 aromatic rings. The summed E-state index contributed by atoms with van der Waals surface area (Å²) in [6.45, 7) is 2.01. The molecule has 6 nitrogen and oxygen atoms in total. The number of carbonyl (C=O) groups is 2. The third kappa shape index (κ3) is 2.79. The lowest BCUT2D eigenvalue weighted by molar-refractivity contribution is -0.145. The topological polar surface area (TPSA) is 63.9 Å². The Morgan fingerprint density at radius 3 is 2.85 bits per heavy atom. The molecule has 1 unspecified atom stereocenters. The van der Waals surface area contributed by atoms with Crippen LogP contribution in [0.1, 0.15) is 17.4 Å². The average molecular weight is 275 g/mol. The Kier molecular flexibility index (Phi) is 4.02. The molecule has 2 heterocycles. The number of ether oxygens (including phenoxy) is 1. The third-order valence-corrected chi connectivity index (χ3v) is 3.08. The van der Waals surface area contributed by atoms with Gasteiger partial charge in [-0.2, -0.15) is 0 Å². The second-order valence-corrected chi connectivity index (χ2v) is 4.70. The Balaban J connectivity index is 2.12. The van der Waals surface area contributed by atoms with E-state index in [1.54, 1.807) is 24.6 Å². The number of nitrogens with zero attached hydrogens (tertiary/aromatic N) is 3. The number of pyridine rings is 1. The quantitative estimate of drug-likeness (QED) is 0.787. The van der Waals surface area contributed by atoms with Gasteiger partial charge in [0.05, 0.1) is 13.0 Å². The molecule has 0 N–H and O–H groups in total. The van der Waals surface area contributed by atoms with Crippen LogP contribution in [0, 0.1) is 5.92 Å².